The van der Waals surface area contributed by atoms with Crippen molar-refractivity contribution in [1.29, 1.82) is 0 Å². The molecule has 0 spiro atoms. The number of nitrogens with zero attached hydrogens (tertiary/aromatic N) is 2. The first kappa shape index (κ1) is 11.7. The fourth-order valence-corrected chi connectivity index (χ4v) is 1.75. The Hall–Kier alpha value is -2.37. The van der Waals surface area contributed by atoms with E-state index < -0.39 is 0 Å². The van der Waals surface area contributed by atoms with Crippen molar-refractivity contribution in [3.63, 3.8) is 0 Å². The van der Waals surface area contributed by atoms with Crippen LogP contribution in [0.1, 0.15) is 34.9 Å². The smallest absolute Gasteiger partial charge is 0.292 e. The summed E-state index contributed by atoms with van der Waals surface area (Å²) in [6, 6.07) is 7.74. The van der Waals surface area contributed by atoms with Gasteiger partial charge in [0.15, 0.2) is 0 Å². The zero-order valence-electron chi connectivity index (χ0n) is 10.3. The monoisotopic (exact) mass is 258 g/mol. The molecule has 98 valence electrons. The molecule has 6 heteroatoms. The van der Waals surface area contributed by atoms with Crippen molar-refractivity contribution < 1.29 is 9.32 Å². The second-order valence-electron chi connectivity index (χ2n) is 4.64. The number of benzene rings is 1. The van der Waals surface area contributed by atoms with E-state index >= 15 is 0 Å². The van der Waals surface area contributed by atoms with E-state index in [1.54, 1.807) is 0 Å². The van der Waals surface area contributed by atoms with E-state index in [2.05, 4.69) is 15.5 Å². The van der Waals surface area contributed by atoms with Gasteiger partial charge in [0.1, 0.15) is 0 Å². The number of amides is 1. The maximum absolute atomic E-state index is 11.7. The Morgan fingerprint density at radius 3 is 2.95 bits per heavy atom. The molecule has 0 atom stereocenters. The molecule has 3 N–H and O–H groups in total. The number of aromatic nitrogens is 2. The number of rotatable bonds is 4. The van der Waals surface area contributed by atoms with E-state index in [1.165, 1.54) is 0 Å². The van der Waals surface area contributed by atoms with Gasteiger partial charge in [0.25, 0.3) is 11.7 Å². The van der Waals surface area contributed by atoms with Crippen LogP contribution in [0.15, 0.2) is 28.8 Å². The number of nitrogens with two attached hydrogens (primary N) is 1. The second kappa shape index (κ2) is 4.72. The topological polar surface area (TPSA) is 94.0 Å². The quantitative estimate of drug-likeness (QED) is 0.802. The van der Waals surface area contributed by atoms with Crippen LogP contribution in [0.3, 0.4) is 0 Å². The number of carbonyl (C=O) groups is 1. The molecule has 1 heterocycles. The number of nitrogens with one attached hydrogen (secondary N) is 1. The lowest BCUT2D eigenvalue weighted by molar-refractivity contribution is 0.0937. The Balaban J connectivity index is 1.70. The summed E-state index contributed by atoms with van der Waals surface area (Å²) in [5.41, 5.74) is 7.41. The summed E-state index contributed by atoms with van der Waals surface area (Å²) in [4.78, 5) is 15.8. The molecule has 1 aromatic heterocycles. The largest absolute Gasteiger partial charge is 0.398 e. The van der Waals surface area contributed by atoms with E-state index in [0.29, 0.717) is 18.0 Å². The van der Waals surface area contributed by atoms with E-state index in [4.69, 9.17) is 10.3 Å². The van der Waals surface area contributed by atoms with Gasteiger partial charge in [-0.2, -0.15) is 4.98 Å². The molecule has 1 fully saturated rings. The molecular weight excluding hydrogens is 244 g/mol. The highest BCUT2D eigenvalue weighted by molar-refractivity contribution is 5.90. The number of anilines is 1. The molecule has 0 radical (unpaired) electrons. The Labute approximate surface area is 110 Å². The highest BCUT2D eigenvalue weighted by Gasteiger charge is 2.26. The average Bonchev–Trinajstić information content (AvgIpc) is 3.08. The summed E-state index contributed by atoms with van der Waals surface area (Å²) >= 11 is 0. The van der Waals surface area contributed by atoms with Crippen LogP contribution in [0.2, 0.25) is 0 Å². The number of hydrogen-bond donors (Lipinski definition) is 2. The third-order valence-electron chi connectivity index (χ3n) is 2.98. The molecule has 19 heavy (non-hydrogen) atoms. The van der Waals surface area contributed by atoms with Crippen LogP contribution in [-0.2, 0) is 6.42 Å². The number of nitrogen functional groups attached to an aromatic ring is 1. The van der Waals surface area contributed by atoms with Crippen molar-refractivity contribution in [2.45, 2.75) is 25.3 Å². The van der Waals surface area contributed by atoms with Crippen LogP contribution in [0, 0.1) is 0 Å². The van der Waals surface area contributed by atoms with Crippen LogP contribution in [-0.4, -0.2) is 22.1 Å². The maximum atomic E-state index is 11.7. The first-order valence-corrected chi connectivity index (χ1v) is 6.19. The van der Waals surface area contributed by atoms with Crippen LogP contribution < -0.4 is 11.1 Å². The van der Waals surface area contributed by atoms with Crippen LogP contribution >= 0.6 is 0 Å². The molecule has 0 aliphatic heterocycles. The minimum Gasteiger partial charge on any atom is -0.398 e. The van der Waals surface area contributed by atoms with Gasteiger partial charge in [-0.25, -0.2) is 0 Å². The normalized spacial score (nSPS) is 14.3. The van der Waals surface area contributed by atoms with Gasteiger partial charge in [-0.15, -0.1) is 0 Å². The maximum Gasteiger partial charge on any atom is 0.292 e. The average molecular weight is 258 g/mol. The van der Waals surface area contributed by atoms with Gasteiger partial charge >= 0.3 is 0 Å². The summed E-state index contributed by atoms with van der Waals surface area (Å²) < 4.78 is 5.07. The Morgan fingerprint density at radius 1 is 1.42 bits per heavy atom. The first-order valence-electron chi connectivity index (χ1n) is 6.19. The van der Waals surface area contributed by atoms with E-state index in [-0.39, 0.29) is 17.8 Å². The van der Waals surface area contributed by atoms with Crippen molar-refractivity contribution in [2.24, 2.45) is 0 Å². The Morgan fingerprint density at radius 2 is 2.21 bits per heavy atom. The first-order chi connectivity index (χ1) is 9.22. The van der Waals surface area contributed by atoms with Gasteiger partial charge in [0.2, 0.25) is 5.89 Å². The van der Waals surface area contributed by atoms with Gasteiger partial charge < -0.3 is 15.6 Å². The van der Waals surface area contributed by atoms with E-state index in [0.717, 1.165) is 18.4 Å². The van der Waals surface area contributed by atoms with Gasteiger partial charge in [-0.05, 0) is 24.5 Å². The van der Waals surface area contributed by atoms with Gasteiger partial charge in [-0.1, -0.05) is 23.4 Å². The van der Waals surface area contributed by atoms with Crippen molar-refractivity contribution >= 4 is 11.6 Å². The number of hydrogen-bond acceptors (Lipinski definition) is 5. The molecule has 1 aliphatic carbocycles. The summed E-state index contributed by atoms with van der Waals surface area (Å²) in [7, 11) is 0. The van der Waals surface area contributed by atoms with Gasteiger partial charge in [0.05, 0.1) is 6.42 Å². The second-order valence-corrected chi connectivity index (χ2v) is 4.64. The highest BCUT2D eigenvalue weighted by Crippen LogP contribution is 2.19. The predicted molar refractivity (Wildman–Crippen MR) is 68.4 cm³/mol. The lowest BCUT2D eigenvalue weighted by Crippen LogP contribution is -2.26. The number of para-hydroxylation sites is 1. The molecule has 0 unspecified atom stereocenters. The standard InChI is InChI=1S/C13H14N4O2/c14-10-4-2-1-3-8(10)7-11-16-12(17-19-11)13(18)15-9-5-6-9/h1-4,9H,5-7,14H2,(H,15,18). The molecule has 3 rings (SSSR count). The lowest BCUT2D eigenvalue weighted by Gasteiger charge is -2.00. The third-order valence-corrected chi connectivity index (χ3v) is 2.98. The molecule has 0 bridgehead atoms. The van der Waals surface area contributed by atoms with Gasteiger partial charge in [-0.3, -0.25) is 4.79 Å². The predicted octanol–water partition coefficient (Wildman–Crippen LogP) is 1.13. The number of carbonyl (C=O) groups excluding carboxylic acids is 1. The zero-order valence-corrected chi connectivity index (χ0v) is 10.3. The SMILES string of the molecule is Nc1ccccc1Cc1nc(C(=O)NC2CC2)no1. The van der Waals surface area contributed by atoms with Crippen molar-refractivity contribution in [2.75, 3.05) is 5.73 Å². The third kappa shape index (κ3) is 2.73. The molecule has 1 aliphatic rings. The van der Waals surface area contributed by atoms with Crippen LogP contribution in [0.5, 0.6) is 0 Å². The summed E-state index contributed by atoms with van der Waals surface area (Å²) in [5, 5.41) is 6.49. The lowest BCUT2D eigenvalue weighted by atomic mass is 10.1. The molecule has 1 saturated carbocycles. The Kier molecular flexibility index (Phi) is 2.91. The molecule has 2 aromatic rings. The fourth-order valence-electron chi connectivity index (χ4n) is 1.75. The molecule has 1 amide bonds. The molecular formula is C13H14N4O2. The zero-order chi connectivity index (χ0) is 13.2. The fraction of sp³-hybridized carbons (Fsp3) is 0.308. The van der Waals surface area contributed by atoms with Crippen LogP contribution in [0.4, 0.5) is 5.69 Å². The molecule has 0 saturated heterocycles. The van der Waals surface area contributed by atoms with Crippen molar-refractivity contribution in [1.82, 2.24) is 15.5 Å². The highest BCUT2D eigenvalue weighted by atomic mass is 16.5. The van der Waals surface area contributed by atoms with E-state index in [1.807, 2.05) is 24.3 Å². The summed E-state index contributed by atoms with van der Waals surface area (Å²) in [5.74, 6) is 0.189. The molecule has 6 nitrogen and oxygen atoms in total. The van der Waals surface area contributed by atoms with Crippen molar-refractivity contribution in [3.8, 4) is 0 Å². The van der Waals surface area contributed by atoms with E-state index in [9.17, 15) is 4.79 Å². The summed E-state index contributed by atoms with van der Waals surface area (Å²) in [6.07, 6.45) is 2.48. The molecule has 1 aromatic carbocycles. The minimum atomic E-state index is -0.279. The minimum absolute atomic E-state index is 0.0800. The van der Waals surface area contributed by atoms with Crippen molar-refractivity contribution in [3.05, 3.63) is 41.5 Å². The van der Waals surface area contributed by atoms with Gasteiger partial charge in [0, 0.05) is 11.7 Å². The Bertz CT molecular complexity index is 604. The summed E-state index contributed by atoms with van der Waals surface area (Å²) in [6.45, 7) is 0. The van der Waals surface area contributed by atoms with Crippen LogP contribution in [0.25, 0.3) is 0 Å².